The van der Waals surface area contributed by atoms with E-state index in [0.29, 0.717) is 15.6 Å². The van der Waals surface area contributed by atoms with E-state index in [1.165, 1.54) is 0 Å². The third-order valence-corrected chi connectivity index (χ3v) is 4.22. The molecule has 0 atom stereocenters. The molecule has 2 N–H and O–H groups in total. The minimum absolute atomic E-state index is 0.290. The van der Waals surface area contributed by atoms with Crippen LogP contribution >= 0.6 is 23.2 Å². The molecule has 0 aliphatic rings. The average molecular weight is 343 g/mol. The van der Waals surface area contributed by atoms with Gasteiger partial charge in [0.25, 0.3) is 0 Å². The maximum absolute atomic E-state index is 11.5. The lowest BCUT2D eigenvalue weighted by Crippen LogP contribution is -2.11. The van der Waals surface area contributed by atoms with Crippen molar-refractivity contribution in [3.8, 4) is 22.4 Å². The van der Waals surface area contributed by atoms with Crippen molar-refractivity contribution in [3.05, 3.63) is 76.4 Å². The first kappa shape index (κ1) is 15.5. The number of rotatable bonds is 3. The van der Waals surface area contributed by atoms with Gasteiger partial charge in [0.2, 0.25) is 5.91 Å². The zero-order valence-electron chi connectivity index (χ0n) is 12.0. The van der Waals surface area contributed by atoms with Crippen molar-refractivity contribution in [2.24, 2.45) is 5.73 Å². The molecule has 0 saturated heterocycles. The van der Waals surface area contributed by atoms with E-state index in [-0.39, 0.29) is 0 Å². The van der Waals surface area contributed by atoms with E-state index in [2.05, 4.69) is 4.98 Å². The van der Waals surface area contributed by atoms with Crippen LogP contribution in [0.2, 0.25) is 10.0 Å². The summed E-state index contributed by atoms with van der Waals surface area (Å²) < 4.78 is 0. The van der Waals surface area contributed by atoms with Crippen LogP contribution in [0.15, 0.2) is 60.8 Å². The molecule has 1 aromatic heterocycles. The number of primary amides is 1. The molecule has 5 heteroatoms. The summed E-state index contributed by atoms with van der Waals surface area (Å²) in [5.74, 6) is -0.559. The molecule has 3 rings (SSSR count). The number of aromatic nitrogens is 1. The molecule has 2 aromatic carbocycles. The van der Waals surface area contributed by atoms with Crippen LogP contribution in [-0.2, 0) is 0 Å². The van der Waals surface area contributed by atoms with Crippen molar-refractivity contribution in [2.45, 2.75) is 0 Å². The molecule has 0 spiro atoms. The van der Waals surface area contributed by atoms with Crippen LogP contribution in [0.1, 0.15) is 10.4 Å². The Balaban J connectivity index is 2.16. The number of carbonyl (C=O) groups excluding carboxylic acids is 1. The van der Waals surface area contributed by atoms with Gasteiger partial charge in [-0.25, -0.2) is 0 Å². The fraction of sp³-hybridized carbons (Fsp3) is 0. The molecule has 1 amide bonds. The van der Waals surface area contributed by atoms with E-state index in [1.54, 1.807) is 24.4 Å². The predicted octanol–water partition coefficient (Wildman–Crippen LogP) is 4.82. The highest BCUT2D eigenvalue weighted by molar-refractivity contribution is 6.36. The van der Waals surface area contributed by atoms with Gasteiger partial charge in [-0.2, -0.15) is 0 Å². The second kappa shape index (κ2) is 6.41. The van der Waals surface area contributed by atoms with Gasteiger partial charge >= 0.3 is 0 Å². The number of nitrogens with two attached hydrogens (primary N) is 1. The molecule has 0 unspecified atom stereocenters. The molecule has 0 aliphatic carbocycles. The Labute approximate surface area is 143 Å². The predicted molar refractivity (Wildman–Crippen MR) is 93.6 cm³/mol. The number of halogens is 2. The van der Waals surface area contributed by atoms with Crippen LogP contribution in [0, 0.1) is 0 Å². The molecule has 0 saturated carbocycles. The van der Waals surface area contributed by atoms with Crippen LogP contribution in [0.5, 0.6) is 0 Å². The summed E-state index contributed by atoms with van der Waals surface area (Å²) in [6, 6.07) is 16.3. The van der Waals surface area contributed by atoms with Crippen molar-refractivity contribution in [2.75, 3.05) is 0 Å². The van der Waals surface area contributed by atoms with Crippen molar-refractivity contribution >= 4 is 29.1 Å². The van der Waals surface area contributed by atoms with E-state index < -0.39 is 5.91 Å². The summed E-state index contributed by atoms with van der Waals surface area (Å²) in [7, 11) is 0. The Hall–Kier alpha value is -2.36. The number of pyridine rings is 1. The topological polar surface area (TPSA) is 56.0 Å². The van der Waals surface area contributed by atoms with Gasteiger partial charge in [0.05, 0.1) is 16.3 Å². The SMILES string of the molecule is NC(=O)c1cccc(-c2ccc(Cl)c(-c3ccccn3)c2)c1Cl. The van der Waals surface area contributed by atoms with E-state index in [0.717, 1.165) is 22.4 Å². The molecule has 1 heterocycles. The van der Waals surface area contributed by atoms with Crippen LogP contribution in [0.4, 0.5) is 0 Å². The minimum Gasteiger partial charge on any atom is -0.366 e. The third-order valence-electron chi connectivity index (χ3n) is 3.48. The van der Waals surface area contributed by atoms with Gasteiger partial charge in [0.1, 0.15) is 0 Å². The summed E-state index contributed by atoms with van der Waals surface area (Å²) >= 11 is 12.6. The van der Waals surface area contributed by atoms with Gasteiger partial charge in [-0.15, -0.1) is 0 Å². The Morgan fingerprint density at radius 1 is 0.957 bits per heavy atom. The van der Waals surface area contributed by atoms with Crippen molar-refractivity contribution in [3.63, 3.8) is 0 Å². The standard InChI is InChI=1S/C18H12Cl2N2O/c19-15-8-7-11(10-14(15)16-6-1-2-9-22-16)12-4-3-5-13(17(12)20)18(21)23/h1-10H,(H2,21,23). The van der Waals surface area contributed by atoms with E-state index >= 15 is 0 Å². The van der Waals surface area contributed by atoms with Crippen molar-refractivity contribution in [1.29, 1.82) is 0 Å². The summed E-state index contributed by atoms with van der Waals surface area (Å²) in [5, 5.41) is 0.920. The van der Waals surface area contributed by atoms with Gasteiger partial charge in [0.15, 0.2) is 0 Å². The highest BCUT2D eigenvalue weighted by Crippen LogP contribution is 2.35. The number of benzene rings is 2. The van der Waals surface area contributed by atoms with Crippen LogP contribution in [0.3, 0.4) is 0 Å². The van der Waals surface area contributed by atoms with Gasteiger partial charge in [-0.3, -0.25) is 9.78 Å². The number of nitrogens with zero attached hydrogens (tertiary/aromatic N) is 1. The summed E-state index contributed by atoms with van der Waals surface area (Å²) in [4.78, 5) is 15.8. The van der Waals surface area contributed by atoms with E-state index in [1.807, 2.05) is 36.4 Å². The first-order valence-electron chi connectivity index (χ1n) is 6.87. The minimum atomic E-state index is -0.559. The first-order chi connectivity index (χ1) is 11.1. The summed E-state index contributed by atoms with van der Waals surface area (Å²) in [5.41, 5.74) is 8.76. The van der Waals surface area contributed by atoms with Gasteiger partial charge < -0.3 is 5.73 Å². The first-order valence-corrected chi connectivity index (χ1v) is 7.63. The third kappa shape index (κ3) is 3.07. The highest BCUT2D eigenvalue weighted by atomic mass is 35.5. The normalized spacial score (nSPS) is 10.5. The average Bonchev–Trinajstić information content (AvgIpc) is 2.56. The molecule has 0 aliphatic heterocycles. The van der Waals surface area contributed by atoms with Gasteiger partial charge in [-0.05, 0) is 35.9 Å². The van der Waals surface area contributed by atoms with Gasteiger partial charge in [-0.1, -0.05) is 47.5 Å². The number of hydrogen-bond donors (Lipinski definition) is 1. The van der Waals surface area contributed by atoms with Crippen LogP contribution in [0.25, 0.3) is 22.4 Å². The number of amides is 1. The van der Waals surface area contributed by atoms with Crippen molar-refractivity contribution < 1.29 is 4.79 Å². The summed E-state index contributed by atoms with van der Waals surface area (Å²) in [6.45, 7) is 0. The maximum atomic E-state index is 11.5. The van der Waals surface area contributed by atoms with Crippen LogP contribution in [-0.4, -0.2) is 10.9 Å². The molecule has 114 valence electrons. The lowest BCUT2D eigenvalue weighted by molar-refractivity contribution is 0.100. The van der Waals surface area contributed by atoms with Crippen molar-refractivity contribution in [1.82, 2.24) is 4.98 Å². The Morgan fingerprint density at radius 3 is 2.48 bits per heavy atom. The monoisotopic (exact) mass is 342 g/mol. The van der Waals surface area contributed by atoms with Gasteiger partial charge in [0, 0.05) is 22.3 Å². The molecule has 0 fully saturated rings. The Bertz CT molecular complexity index is 879. The molecular weight excluding hydrogens is 331 g/mol. The zero-order valence-corrected chi connectivity index (χ0v) is 13.5. The number of carbonyl (C=O) groups is 1. The number of hydrogen-bond acceptors (Lipinski definition) is 2. The highest BCUT2D eigenvalue weighted by Gasteiger charge is 2.13. The maximum Gasteiger partial charge on any atom is 0.250 e. The molecule has 0 radical (unpaired) electrons. The summed E-state index contributed by atoms with van der Waals surface area (Å²) in [6.07, 6.45) is 1.71. The molecule has 23 heavy (non-hydrogen) atoms. The second-order valence-electron chi connectivity index (χ2n) is 4.94. The Kier molecular flexibility index (Phi) is 4.33. The lowest BCUT2D eigenvalue weighted by atomic mass is 9.99. The molecular formula is C18H12Cl2N2O. The molecule has 3 nitrogen and oxygen atoms in total. The Morgan fingerprint density at radius 2 is 1.78 bits per heavy atom. The largest absolute Gasteiger partial charge is 0.366 e. The molecule has 0 bridgehead atoms. The van der Waals surface area contributed by atoms with E-state index in [9.17, 15) is 4.79 Å². The van der Waals surface area contributed by atoms with Crippen LogP contribution < -0.4 is 5.73 Å². The quantitative estimate of drug-likeness (QED) is 0.741. The second-order valence-corrected chi connectivity index (χ2v) is 5.73. The zero-order chi connectivity index (χ0) is 16.4. The smallest absolute Gasteiger partial charge is 0.250 e. The molecule has 3 aromatic rings. The fourth-order valence-corrected chi connectivity index (χ4v) is 2.90. The lowest BCUT2D eigenvalue weighted by Gasteiger charge is -2.10. The fourth-order valence-electron chi connectivity index (χ4n) is 2.36. The van der Waals surface area contributed by atoms with E-state index in [4.69, 9.17) is 28.9 Å².